The van der Waals surface area contributed by atoms with Gasteiger partial charge >= 0.3 is 0 Å². The molecule has 176 valence electrons. The molecule has 33 heavy (non-hydrogen) atoms. The number of nitrogens with one attached hydrogen (secondary N) is 1. The third kappa shape index (κ3) is 4.66. The van der Waals surface area contributed by atoms with Gasteiger partial charge in [-0.05, 0) is 64.8 Å². The molecule has 1 unspecified atom stereocenters. The topological polar surface area (TPSA) is 112 Å². The quantitative estimate of drug-likeness (QED) is 0.585. The second kappa shape index (κ2) is 8.33. The van der Waals surface area contributed by atoms with Crippen LogP contribution in [0.3, 0.4) is 0 Å². The molecular weight excluding hydrogens is 444 g/mol. The molecule has 1 fully saturated rings. The fourth-order valence-corrected chi connectivity index (χ4v) is 6.00. The Bertz CT molecular complexity index is 1300. The fraction of sp³-hybridized carbons (Fsp3) is 0.435. The number of carbonyl (C=O) groups is 1. The lowest BCUT2D eigenvalue weighted by Crippen LogP contribution is -2.57. The summed E-state index contributed by atoms with van der Waals surface area (Å²) < 4.78 is 36.9. The number of hydrogen-bond acceptors (Lipinski definition) is 7. The summed E-state index contributed by atoms with van der Waals surface area (Å²) in [6.07, 6.45) is 5.65. The standard InChI is InChI=1S/C23H28N4O5S/c1-5-31-18-7-6-11-24-21(18)32-16-8-9-19-25-17(14-27(19)13-16)20(28)26-23(4)10-12-33(29,30)22(2,3)15-23/h6-9,11,13-14H,5,10,12,15H2,1-4H3,(H,26,28). The summed E-state index contributed by atoms with van der Waals surface area (Å²) in [6, 6.07) is 7.03. The highest BCUT2D eigenvalue weighted by Crippen LogP contribution is 2.36. The van der Waals surface area contributed by atoms with Crippen LogP contribution in [0, 0.1) is 0 Å². The summed E-state index contributed by atoms with van der Waals surface area (Å²) in [4.78, 5) is 21.6. The Morgan fingerprint density at radius 1 is 1.21 bits per heavy atom. The maximum Gasteiger partial charge on any atom is 0.271 e. The Kier molecular flexibility index (Phi) is 5.81. The summed E-state index contributed by atoms with van der Waals surface area (Å²) in [5.41, 5.74) is 0.188. The number of carbonyl (C=O) groups excluding carboxylic acids is 1. The molecular formula is C23H28N4O5S. The van der Waals surface area contributed by atoms with Gasteiger partial charge in [0.1, 0.15) is 17.1 Å². The summed E-state index contributed by atoms with van der Waals surface area (Å²) in [6.45, 7) is 7.66. The van der Waals surface area contributed by atoms with Crippen LogP contribution in [-0.2, 0) is 9.84 Å². The molecule has 4 heterocycles. The number of nitrogens with zero attached hydrogens (tertiary/aromatic N) is 3. The lowest BCUT2D eigenvalue weighted by Gasteiger charge is -2.42. The largest absolute Gasteiger partial charge is 0.488 e. The van der Waals surface area contributed by atoms with E-state index in [1.165, 1.54) is 0 Å². The van der Waals surface area contributed by atoms with Crippen molar-refractivity contribution in [2.24, 2.45) is 0 Å². The van der Waals surface area contributed by atoms with Crippen molar-refractivity contribution in [2.45, 2.75) is 50.8 Å². The molecule has 3 aromatic heterocycles. The van der Waals surface area contributed by atoms with Gasteiger partial charge in [-0.15, -0.1) is 0 Å². The molecule has 0 spiro atoms. The lowest BCUT2D eigenvalue weighted by atomic mass is 9.87. The zero-order valence-corrected chi connectivity index (χ0v) is 20.0. The van der Waals surface area contributed by atoms with Gasteiger partial charge in [0.05, 0.1) is 23.3 Å². The van der Waals surface area contributed by atoms with E-state index < -0.39 is 20.1 Å². The van der Waals surface area contributed by atoms with Crippen molar-refractivity contribution < 1.29 is 22.7 Å². The first-order chi connectivity index (χ1) is 15.5. The Morgan fingerprint density at radius 3 is 2.73 bits per heavy atom. The predicted octanol–water partition coefficient (Wildman–Crippen LogP) is 3.40. The Hall–Kier alpha value is -3.14. The highest BCUT2D eigenvalue weighted by Gasteiger charge is 2.47. The van der Waals surface area contributed by atoms with E-state index in [1.807, 2.05) is 13.8 Å². The summed E-state index contributed by atoms with van der Waals surface area (Å²) in [5.74, 6) is 1.09. The van der Waals surface area contributed by atoms with Crippen LogP contribution < -0.4 is 14.8 Å². The molecule has 1 atom stereocenters. The predicted molar refractivity (Wildman–Crippen MR) is 124 cm³/mol. The Balaban J connectivity index is 1.52. The lowest BCUT2D eigenvalue weighted by molar-refractivity contribution is 0.0885. The third-order valence-corrected chi connectivity index (χ3v) is 8.47. The molecule has 9 nitrogen and oxygen atoms in total. The maximum atomic E-state index is 13.0. The number of ether oxygens (including phenoxy) is 2. The van der Waals surface area contributed by atoms with Gasteiger partial charge in [-0.25, -0.2) is 18.4 Å². The van der Waals surface area contributed by atoms with Crippen LogP contribution in [-0.4, -0.2) is 51.3 Å². The average molecular weight is 473 g/mol. The van der Waals surface area contributed by atoms with E-state index in [4.69, 9.17) is 9.47 Å². The fourth-order valence-electron chi connectivity index (χ4n) is 4.19. The number of sulfone groups is 1. The minimum absolute atomic E-state index is 0.0416. The number of amides is 1. The van der Waals surface area contributed by atoms with E-state index in [1.54, 1.807) is 61.1 Å². The molecule has 0 saturated carbocycles. The number of hydrogen-bond donors (Lipinski definition) is 1. The minimum Gasteiger partial charge on any atom is -0.488 e. The SMILES string of the molecule is CCOc1cccnc1Oc1ccc2nc(C(=O)NC3(C)CCS(=O)(=O)C(C)(C)C3)cn2c1. The third-order valence-electron chi connectivity index (χ3n) is 5.90. The van der Waals surface area contributed by atoms with Crippen LogP contribution in [0.4, 0.5) is 0 Å². The molecule has 1 N–H and O–H groups in total. The molecule has 10 heteroatoms. The summed E-state index contributed by atoms with van der Waals surface area (Å²) in [5, 5.41) is 3.00. The second-order valence-corrected chi connectivity index (χ2v) is 11.9. The van der Waals surface area contributed by atoms with Gasteiger partial charge in [0, 0.05) is 17.9 Å². The van der Waals surface area contributed by atoms with Crippen LogP contribution >= 0.6 is 0 Å². The monoisotopic (exact) mass is 472 g/mol. The zero-order valence-electron chi connectivity index (χ0n) is 19.2. The first-order valence-corrected chi connectivity index (χ1v) is 12.5. The highest BCUT2D eigenvalue weighted by molar-refractivity contribution is 7.92. The first-order valence-electron chi connectivity index (χ1n) is 10.8. The Labute approximate surface area is 193 Å². The van der Waals surface area contributed by atoms with Crippen molar-refractivity contribution in [1.82, 2.24) is 19.7 Å². The molecule has 1 saturated heterocycles. The van der Waals surface area contributed by atoms with Crippen LogP contribution in [0.2, 0.25) is 0 Å². The average Bonchev–Trinajstić information content (AvgIpc) is 3.16. The van der Waals surface area contributed by atoms with Crippen molar-refractivity contribution >= 4 is 21.4 Å². The summed E-state index contributed by atoms with van der Waals surface area (Å²) in [7, 11) is -3.19. The number of fused-ring (bicyclic) bond motifs is 1. The first kappa shape index (κ1) is 23.0. The van der Waals surface area contributed by atoms with E-state index in [0.29, 0.717) is 42.5 Å². The molecule has 0 aliphatic carbocycles. The van der Waals surface area contributed by atoms with Crippen LogP contribution in [0.25, 0.3) is 5.65 Å². The molecule has 1 aliphatic heterocycles. The normalized spacial score (nSPS) is 21.5. The molecule has 0 bridgehead atoms. The maximum absolute atomic E-state index is 13.0. The van der Waals surface area contributed by atoms with Crippen LogP contribution in [0.5, 0.6) is 17.4 Å². The van der Waals surface area contributed by atoms with Crippen molar-refractivity contribution in [3.8, 4) is 17.4 Å². The van der Waals surface area contributed by atoms with Crippen LogP contribution in [0.1, 0.15) is 51.0 Å². The molecule has 1 amide bonds. The second-order valence-electron chi connectivity index (χ2n) is 9.12. The molecule has 1 aliphatic rings. The van der Waals surface area contributed by atoms with Gasteiger partial charge in [0.15, 0.2) is 15.6 Å². The number of pyridine rings is 2. The number of imidazole rings is 1. The van der Waals surface area contributed by atoms with Gasteiger partial charge in [-0.2, -0.15) is 0 Å². The van der Waals surface area contributed by atoms with Crippen LogP contribution in [0.15, 0.2) is 42.9 Å². The van der Waals surface area contributed by atoms with Crippen molar-refractivity contribution in [2.75, 3.05) is 12.4 Å². The minimum atomic E-state index is -3.19. The van der Waals surface area contributed by atoms with Gasteiger partial charge in [-0.1, -0.05) is 0 Å². The molecule has 0 aromatic carbocycles. The van der Waals surface area contributed by atoms with Crippen molar-refractivity contribution in [1.29, 1.82) is 0 Å². The van der Waals surface area contributed by atoms with Crippen molar-refractivity contribution in [3.63, 3.8) is 0 Å². The van der Waals surface area contributed by atoms with Gasteiger partial charge in [-0.3, -0.25) is 4.79 Å². The van der Waals surface area contributed by atoms with E-state index >= 15 is 0 Å². The van der Waals surface area contributed by atoms with E-state index in [0.717, 1.165) is 0 Å². The Morgan fingerprint density at radius 2 is 2.00 bits per heavy atom. The summed E-state index contributed by atoms with van der Waals surface area (Å²) >= 11 is 0. The van der Waals surface area contributed by atoms with Crippen molar-refractivity contribution in [3.05, 3.63) is 48.5 Å². The smallest absolute Gasteiger partial charge is 0.271 e. The number of aromatic nitrogens is 3. The number of rotatable bonds is 6. The molecule has 4 rings (SSSR count). The van der Waals surface area contributed by atoms with E-state index in [-0.39, 0.29) is 17.4 Å². The van der Waals surface area contributed by atoms with E-state index in [2.05, 4.69) is 15.3 Å². The molecule has 3 aromatic rings. The highest BCUT2D eigenvalue weighted by atomic mass is 32.2. The van der Waals surface area contributed by atoms with Gasteiger partial charge < -0.3 is 19.2 Å². The van der Waals surface area contributed by atoms with Gasteiger partial charge in [0.25, 0.3) is 11.8 Å². The van der Waals surface area contributed by atoms with E-state index in [9.17, 15) is 13.2 Å². The molecule has 0 radical (unpaired) electrons. The van der Waals surface area contributed by atoms with Gasteiger partial charge in [0.2, 0.25) is 0 Å². The zero-order chi connectivity index (χ0) is 23.9.